The Hall–Kier alpha value is -1.02. The second-order valence-electron chi connectivity index (χ2n) is 5.65. The van der Waals surface area contributed by atoms with Gasteiger partial charge in [0.05, 0.1) is 6.61 Å². The summed E-state index contributed by atoms with van der Waals surface area (Å²) in [6, 6.07) is 10.3. The summed E-state index contributed by atoms with van der Waals surface area (Å²) >= 11 is 0. The summed E-state index contributed by atoms with van der Waals surface area (Å²) in [6.07, 6.45) is 11.8. The van der Waals surface area contributed by atoms with Crippen molar-refractivity contribution >= 4 is 5.69 Å². The lowest BCUT2D eigenvalue weighted by atomic mass is 10.0. The van der Waals surface area contributed by atoms with E-state index in [9.17, 15) is 5.11 Å². The Morgan fingerprint density at radius 1 is 0.900 bits per heavy atom. The average molecular weight is 277 g/mol. The lowest BCUT2D eigenvalue weighted by molar-refractivity contribution is 0.266. The van der Waals surface area contributed by atoms with Gasteiger partial charge in [-0.2, -0.15) is 0 Å². The number of unbranched alkanes of at least 4 members (excludes halogenated alkanes) is 7. The number of para-hydroxylation sites is 1. The van der Waals surface area contributed by atoms with Crippen molar-refractivity contribution in [3.8, 4) is 0 Å². The first-order valence-electron chi connectivity index (χ1n) is 8.29. The van der Waals surface area contributed by atoms with E-state index in [0.717, 1.165) is 12.1 Å². The Kier molecular flexibility index (Phi) is 10.0. The number of hydrogen-bond acceptors (Lipinski definition) is 2. The average Bonchev–Trinajstić information content (AvgIpc) is 2.49. The highest BCUT2D eigenvalue weighted by Crippen LogP contribution is 2.13. The normalized spacial score (nSPS) is 12.3. The first kappa shape index (κ1) is 17.0. The first-order chi connectivity index (χ1) is 9.86. The van der Waals surface area contributed by atoms with E-state index in [-0.39, 0.29) is 12.6 Å². The lowest BCUT2D eigenvalue weighted by Crippen LogP contribution is -2.23. The van der Waals surface area contributed by atoms with Crippen molar-refractivity contribution in [1.82, 2.24) is 0 Å². The van der Waals surface area contributed by atoms with Crippen LogP contribution in [0.15, 0.2) is 30.3 Å². The van der Waals surface area contributed by atoms with Crippen molar-refractivity contribution in [2.45, 2.75) is 70.8 Å². The zero-order chi connectivity index (χ0) is 14.5. The number of hydrogen-bond donors (Lipinski definition) is 2. The van der Waals surface area contributed by atoms with Gasteiger partial charge in [-0.1, -0.05) is 76.5 Å². The molecule has 2 heteroatoms. The Balaban J connectivity index is 2.04. The van der Waals surface area contributed by atoms with Crippen LogP contribution in [0.5, 0.6) is 0 Å². The number of benzene rings is 1. The molecule has 2 nitrogen and oxygen atoms in total. The number of anilines is 1. The molecule has 1 rings (SSSR count). The van der Waals surface area contributed by atoms with Crippen LogP contribution in [0.1, 0.15) is 64.7 Å². The van der Waals surface area contributed by atoms with Crippen LogP contribution < -0.4 is 5.32 Å². The number of aliphatic hydroxyl groups excluding tert-OH is 1. The maximum absolute atomic E-state index is 9.42. The molecule has 1 unspecified atom stereocenters. The smallest absolute Gasteiger partial charge is 0.0632 e. The van der Waals surface area contributed by atoms with Gasteiger partial charge in [-0.15, -0.1) is 0 Å². The fourth-order valence-electron chi connectivity index (χ4n) is 2.50. The Morgan fingerprint density at radius 3 is 2.10 bits per heavy atom. The quantitative estimate of drug-likeness (QED) is 0.527. The minimum atomic E-state index is 0.192. The van der Waals surface area contributed by atoms with Crippen molar-refractivity contribution in [3.05, 3.63) is 30.3 Å². The van der Waals surface area contributed by atoms with Crippen LogP contribution >= 0.6 is 0 Å². The van der Waals surface area contributed by atoms with Gasteiger partial charge in [0.1, 0.15) is 0 Å². The Bertz CT molecular complexity index is 312. The predicted octanol–water partition coefficient (Wildman–Crippen LogP) is 4.99. The third-order valence-electron chi connectivity index (χ3n) is 3.77. The first-order valence-corrected chi connectivity index (χ1v) is 8.29. The van der Waals surface area contributed by atoms with Crippen LogP contribution in [0.25, 0.3) is 0 Å². The van der Waals surface area contributed by atoms with Gasteiger partial charge in [0, 0.05) is 11.7 Å². The SMILES string of the molecule is CCCCCCCCCCC(CO)Nc1ccccc1. The maximum Gasteiger partial charge on any atom is 0.0632 e. The molecule has 0 heterocycles. The zero-order valence-corrected chi connectivity index (χ0v) is 13.0. The van der Waals surface area contributed by atoms with Gasteiger partial charge in [0.15, 0.2) is 0 Å². The number of aliphatic hydroxyl groups is 1. The Morgan fingerprint density at radius 2 is 1.50 bits per heavy atom. The second-order valence-corrected chi connectivity index (χ2v) is 5.65. The number of nitrogens with one attached hydrogen (secondary N) is 1. The van der Waals surface area contributed by atoms with Gasteiger partial charge >= 0.3 is 0 Å². The van der Waals surface area contributed by atoms with Gasteiger partial charge in [0.25, 0.3) is 0 Å². The van der Waals surface area contributed by atoms with Crippen LogP contribution in [0.4, 0.5) is 5.69 Å². The van der Waals surface area contributed by atoms with Crippen LogP contribution in [-0.4, -0.2) is 17.8 Å². The van der Waals surface area contributed by atoms with Crippen LogP contribution in [0.2, 0.25) is 0 Å². The van der Waals surface area contributed by atoms with Gasteiger partial charge in [0.2, 0.25) is 0 Å². The highest BCUT2D eigenvalue weighted by Gasteiger charge is 2.06. The van der Waals surface area contributed by atoms with Gasteiger partial charge in [-0.3, -0.25) is 0 Å². The molecule has 0 aromatic heterocycles. The Labute approximate surface area is 124 Å². The summed E-state index contributed by atoms with van der Waals surface area (Å²) in [6.45, 7) is 2.47. The van der Waals surface area contributed by atoms with Crippen molar-refractivity contribution in [2.75, 3.05) is 11.9 Å². The minimum absolute atomic E-state index is 0.192. The summed E-state index contributed by atoms with van der Waals surface area (Å²) in [5, 5.41) is 12.8. The molecule has 0 aliphatic heterocycles. The third-order valence-corrected chi connectivity index (χ3v) is 3.77. The fraction of sp³-hybridized carbons (Fsp3) is 0.667. The monoisotopic (exact) mass is 277 g/mol. The van der Waals surface area contributed by atoms with Gasteiger partial charge in [-0.25, -0.2) is 0 Å². The van der Waals surface area contributed by atoms with Crippen molar-refractivity contribution in [3.63, 3.8) is 0 Å². The van der Waals surface area contributed by atoms with Crippen LogP contribution in [0, 0.1) is 0 Å². The molecule has 20 heavy (non-hydrogen) atoms. The molecule has 0 aliphatic rings. The molecule has 114 valence electrons. The molecule has 0 aliphatic carbocycles. The van der Waals surface area contributed by atoms with E-state index in [0.29, 0.717) is 0 Å². The van der Waals surface area contributed by atoms with E-state index < -0.39 is 0 Å². The standard InChI is InChI=1S/C18H31NO/c1-2-3-4-5-6-7-8-10-15-18(16-20)19-17-13-11-9-12-14-17/h9,11-14,18-20H,2-8,10,15-16H2,1H3. The molecule has 0 spiro atoms. The third kappa shape index (κ3) is 8.21. The fourth-order valence-corrected chi connectivity index (χ4v) is 2.50. The highest BCUT2D eigenvalue weighted by molar-refractivity contribution is 5.43. The summed E-state index contributed by atoms with van der Waals surface area (Å²) in [7, 11) is 0. The van der Waals surface area contributed by atoms with E-state index >= 15 is 0 Å². The molecule has 0 radical (unpaired) electrons. The number of rotatable bonds is 12. The van der Waals surface area contributed by atoms with Gasteiger partial charge < -0.3 is 10.4 Å². The second kappa shape index (κ2) is 11.8. The largest absolute Gasteiger partial charge is 0.394 e. The molecule has 0 amide bonds. The topological polar surface area (TPSA) is 32.3 Å². The van der Waals surface area contributed by atoms with E-state index in [4.69, 9.17) is 0 Å². The highest BCUT2D eigenvalue weighted by atomic mass is 16.3. The molecule has 1 atom stereocenters. The van der Waals surface area contributed by atoms with E-state index in [1.54, 1.807) is 0 Å². The molecule has 0 fully saturated rings. The van der Waals surface area contributed by atoms with E-state index in [1.807, 2.05) is 18.2 Å². The molecule has 1 aromatic rings. The summed E-state index contributed by atoms with van der Waals surface area (Å²) in [4.78, 5) is 0. The van der Waals surface area contributed by atoms with E-state index in [2.05, 4.69) is 24.4 Å². The summed E-state index contributed by atoms with van der Waals surface area (Å²) in [5.74, 6) is 0. The van der Waals surface area contributed by atoms with Gasteiger partial charge in [-0.05, 0) is 18.6 Å². The van der Waals surface area contributed by atoms with E-state index in [1.165, 1.54) is 51.4 Å². The molecule has 2 N–H and O–H groups in total. The summed E-state index contributed by atoms with van der Waals surface area (Å²) < 4.78 is 0. The molecular formula is C18H31NO. The van der Waals surface area contributed by atoms with Crippen molar-refractivity contribution in [1.29, 1.82) is 0 Å². The van der Waals surface area contributed by atoms with Crippen LogP contribution in [-0.2, 0) is 0 Å². The molecule has 0 saturated carbocycles. The molecule has 1 aromatic carbocycles. The molecule has 0 saturated heterocycles. The lowest BCUT2D eigenvalue weighted by Gasteiger charge is -2.17. The predicted molar refractivity (Wildman–Crippen MR) is 88.2 cm³/mol. The van der Waals surface area contributed by atoms with Crippen LogP contribution in [0.3, 0.4) is 0 Å². The van der Waals surface area contributed by atoms with Crippen molar-refractivity contribution in [2.24, 2.45) is 0 Å². The zero-order valence-electron chi connectivity index (χ0n) is 13.0. The minimum Gasteiger partial charge on any atom is -0.394 e. The summed E-state index contributed by atoms with van der Waals surface area (Å²) in [5.41, 5.74) is 1.10. The molecule has 0 bridgehead atoms. The maximum atomic E-state index is 9.42. The molecular weight excluding hydrogens is 246 g/mol. The van der Waals surface area contributed by atoms with Crippen molar-refractivity contribution < 1.29 is 5.11 Å².